The predicted molar refractivity (Wildman–Crippen MR) is 95.4 cm³/mol. The van der Waals surface area contributed by atoms with Crippen molar-refractivity contribution in [3.63, 3.8) is 0 Å². The van der Waals surface area contributed by atoms with E-state index in [1.54, 1.807) is 0 Å². The molecular weight excluding hydrogens is 304 g/mol. The first kappa shape index (κ1) is 16.3. The van der Waals surface area contributed by atoms with Gasteiger partial charge >= 0.3 is 0 Å². The Morgan fingerprint density at radius 2 is 0.957 bits per heavy atom. The van der Waals surface area contributed by atoms with Crippen molar-refractivity contribution in [2.24, 2.45) is 0 Å². The molecule has 0 saturated carbocycles. The van der Waals surface area contributed by atoms with Gasteiger partial charge in [0, 0.05) is 10.8 Å². The zero-order valence-corrected chi connectivity index (χ0v) is 15.0. The summed E-state index contributed by atoms with van der Waals surface area (Å²) < 4.78 is 25.7. The topological polar surface area (TPSA) is 34.1 Å². The zero-order chi connectivity index (χ0) is 16.9. The van der Waals surface area contributed by atoms with E-state index in [0.717, 1.165) is 11.1 Å². The molecule has 0 bridgehead atoms. The van der Waals surface area contributed by atoms with E-state index in [-0.39, 0.29) is 10.5 Å². The Morgan fingerprint density at radius 1 is 0.652 bits per heavy atom. The SMILES string of the molecule is CC(C)(c1ccccc1)[C@H]1[C@@H](C(C)(C)c2ccccc2)S1(=O)=O. The maximum atomic E-state index is 12.8. The van der Waals surface area contributed by atoms with Crippen LogP contribution in [0.2, 0.25) is 0 Å². The second-order valence-corrected chi connectivity index (χ2v) is 9.80. The molecule has 0 spiro atoms. The molecule has 2 nitrogen and oxygen atoms in total. The Bertz CT molecular complexity index is 727. The van der Waals surface area contributed by atoms with Crippen molar-refractivity contribution < 1.29 is 8.42 Å². The highest BCUT2D eigenvalue weighted by molar-refractivity contribution is 8.00. The third-order valence-electron chi connectivity index (χ3n) is 5.36. The maximum Gasteiger partial charge on any atom is 0.160 e. The van der Waals surface area contributed by atoms with Gasteiger partial charge in [0.25, 0.3) is 0 Å². The summed E-state index contributed by atoms with van der Waals surface area (Å²) in [5.41, 5.74) is 1.38. The van der Waals surface area contributed by atoms with Crippen LogP contribution in [0.25, 0.3) is 0 Å². The highest BCUT2D eigenvalue weighted by Crippen LogP contribution is 2.54. The Labute approximate surface area is 139 Å². The first-order chi connectivity index (χ1) is 10.7. The summed E-state index contributed by atoms with van der Waals surface area (Å²) in [5, 5.41) is -0.680. The summed E-state index contributed by atoms with van der Waals surface area (Å²) in [7, 11) is -3.11. The van der Waals surface area contributed by atoms with Gasteiger partial charge in [0.05, 0.1) is 10.5 Å². The van der Waals surface area contributed by atoms with E-state index >= 15 is 0 Å². The average Bonchev–Trinajstić information content (AvgIpc) is 3.14. The lowest BCUT2D eigenvalue weighted by Gasteiger charge is -2.28. The molecule has 0 aromatic heterocycles. The monoisotopic (exact) mass is 328 g/mol. The van der Waals surface area contributed by atoms with E-state index in [1.165, 1.54) is 0 Å². The second-order valence-electron chi connectivity index (χ2n) is 7.61. The predicted octanol–water partition coefficient (Wildman–Crippen LogP) is 4.11. The van der Waals surface area contributed by atoms with Gasteiger partial charge in [0.2, 0.25) is 0 Å². The summed E-state index contributed by atoms with van der Waals surface area (Å²) in [6, 6.07) is 19.9. The van der Waals surface area contributed by atoms with Crippen LogP contribution in [0.5, 0.6) is 0 Å². The molecule has 0 radical (unpaired) electrons. The Morgan fingerprint density at radius 3 is 1.26 bits per heavy atom. The Kier molecular flexibility index (Phi) is 3.68. The van der Waals surface area contributed by atoms with Crippen molar-refractivity contribution >= 4 is 9.84 Å². The van der Waals surface area contributed by atoms with Crippen LogP contribution in [-0.4, -0.2) is 18.9 Å². The van der Waals surface area contributed by atoms with Crippen LogP contribution in [-0.2, 0) is 20.7 Å². The van der Waals surface area contributed by atoms with Crippen LogP contribution < -0.4 is 0 Å². The van der Waals surface area contributed by atoms with Gasteiger partial charge in [0.1, 0.15) is 0 Å². The number of rotatable bonds is 4. The summed E-state index contributed by atoms with van der Waals surface area (Å²) in [6.07, 6.45) is 0. The minimum atomic E-state index is -3.11. The Hall–Kier alpha value is -1.61. The molecule has 23 heavy (non-hydrogen) atoms. The number of benzene rings is 2. The third kappa shape index (κ3) is 2.51. The van der Waals surface area contributed by atoms with Crippen LogP contribution in [0, 0.1) is 0 Å². The van der Waals surface area contributed by atoms with Gasteiger partial charge in [-0.25, -0.2) is 8.42 Å². The first-order valence-electron chi connectivity index (χ1n) is 8.04. The quantitative estimate of drug-likeness (QED) is 0.792. The van der Waals surface area contributed by atoms with Crippen molar-refractivity contribution in [2.45, 2.75) is 49.0 Å². The minimum Gasteiger partial charge on any atom is -0.228 e. The van der Waals surface area contributed by atoms with Crippen molar-refractivity contribution in [2.75, 3.05) is 0 Å². The molecule has 3 heteroatoms. The van der Waals surface area contributed by atoms with Gasteiger partial charge < -0.3 is 0 Å². The van der Waals surface area contributed by atoms with Crippen molar-refractivity contribution in [1.82, 2.24) is 0 Å². The molecule has 2 aromatic rings. The fourth-order valence-electron chi connectivity index (χ4n) is 3.91. The number of hydrogen-bond donors (Lipinski definition) is 0. The van der Waals surface area contributed by atoms with Crippen LogP contribution in [0.15, 0.2) is 60.7 Å². The smallest absolute Gasteiger partial charge is 0.160 e. The molecular formula is C20H24O2S. The molecule has 1 aliphatic rings. The molecule has 0 N–H and O–H groups in total. The van der Waals surface area contributed by atoms with Crippen LogP contribution >= 0.6 is 0 Å². The molecule has 3 rings (SSSR count). The number of sulfone groups is 1. The summed E-state index contributed by atoms with van der Waals surface area (Å²) in [5.74, 6) is 0. The fourth-order valence-corrected chi connectivity index (χ4v) is 7.32. The normalized spacial score (nSPS) is 23.5. The molecule has 122 valence electrons. The molecule has 0 unspecified atom stereocenters. The highest BCUT2D eigenvalue weighted by Gasteiger charge is 2.69. The van der Waals surface area contributed by atoms with Gasteiger partial charge in [-0.2, -0.15) is 0 Å². The fraction of sp³-hybridized carbons (Fsp3) is 0.400. The molecule has 0 aliphatic carbocycles. The van der Waals surface area contributed by atoms with Gasteiger partial charge in [-0.05, 0) is 11.1 Å². The van der Waals surface area contributed by atoms with Crippen LogP contribution in [0.1, 0.15) is 38.8 Å². The number of hydrogen-bond acceptors (Lipinski definition) is 2. The van der Waals surface area contributed by atoms with E-state index in [0.29, 0.717) is 0 Å². The van der Waals surface area contributed by atoms with Gasteiger partial charge in [-0.3, -0.25) is 0 Å². The third-order valence-corrected chi connectivity index (χ3v) is 8.19. The molecule has 0 amide bonds. The largest absolute Gasteiger partial charge is 0.228 e. The highest BCUT2D eigenvalue weighted by atomic mass is 32.2. The lowest BCUT2D eigenvalue weighted by molar-refractivity contribution is 0.442. The van der Waals surface area contributed by atoms with Gasteiger partial charge in [-0.15, -0.1) is 0 Å². The van der Waals surface area contributed by atoms with E-state index in [4.69, 9.17) is 0 Å². The van der Waals surface area contributed by atoms with E-state index in [2.05, 4.69) is 0 Å². The Balaban J connectivity index is 2.00. The van der Waals surface area contributed by atoms with E-state index in [1.807, 2.05) is 88.4 Å². The van der Waals surface area contributed by atoms with E-state index < -0.39 is 20.7 Å². The average molecular weight is 328 g/mol. The standard InChI is InChI=1S/C20H24O2S/c1-19(2,15-11-7-5-8-12-15)17-18(23(17,21)22)20(3,4)16-13-9-6-10-14-16/h5-14,17-18H,1-4H3/t17-,18+. The van der Waals surface area contributed by atoms with Crippen molar-refractivity contribution in [3.8, 4) is 0 Å². The molecule has 2 aromatic carbocycles. The van der Waals surface area contributed by atoms with Crippen LogP contribution in [0.3, 0.4) is 0 Å². The van der Waals surface area contributed by atoms with Gasteiger partial charge in [-0.1, -0.05) is 88.4 Å². The molecule has 1 saturated heterocycles. The maximum absolute atomic E-state index is 12.8. The molecule has 2 atom stereocenters. The lowest BCUT2D eigenvalue weighted by atomic mass is 9.73. The molecule has 1 aliphatic heterocycles. The first-order valence-corrected chi connectivity index (χ1v) is 9.65. The zero-order valence-electron chi connectivity index (χ0n) is 14.2. The van der Waals surface area contributed by atoms with Crippen molar-refractivity contribution in [3.05, 3.63) is 71.8 Å². The van der Waals surface area contributed by atoms with E-state index in [9.17, 15) is 8.42 Å². The molecule has 1 heterocycles. The molecule has 1 fully saturated rings. The summed E-state index contributed by atoms with van der Waals surface area (Å²) >= 11 is 0. The van der Waals surface area contributed by atoms with Gasteiger partial charge in [0.15, 0.2) is 9.84 Å². The summed E-state index contributed by atoms with van der Waals surface area (Å²) in [4.78, 5) is 0. The second kappa shape index (κ2) is 5.20. The minimum absolute atomic E-state index is 0.340. The summed E-state index contributed by atoms with van der Waals surface area (Å²) in [6.45, 7) is 8.19. The van der Waals surface area contributed by atoms with Crippen LogP contribution in [0.4, 0.5) is 0 Å². The lowest BCUT2D eigenvalue weighted by Crippen LogP contribution is -2.33. The van der Waals surface area contributed by atoms with Crippen molar-refractivity contribution in [1.29, 1.82) is 0 Å².